The van der Waals surface area contributed by atoms with Gasteiger partial charge < -0.3 is 29.6 Å². The molecule has 0 atom stereocenters. The first-order valence-electron chi connectivity index (χ1n) is 11.3. The second-order valence-electron chi connectivity index (χ2n) is 8.25. The van der Waals surface area contributed by atoms with Crippen molar-refractivity contribution < 1.29 is 13.9 Å². The molecule has 2 amide bonds. The molecule has 0 unspecified atom stereocenters. The average Bonchev–Trinajstić information content (AvgIpc) is 3.25. The van der Waals surface area contributed by atoms with Crippen molar-refractivity contribution in [1.82, 2.24) is 15.2 Å². The van der Waals surface area contributed by atoms with Crippen molar-refractivity contribution in [2.24, 2.45) is 0 Å². The van der Waals surface area contributed by atoms with E-state index in [4.69, 9.17) is 9.15 Å². The van der Waals surface area contributed by atoms with Crippen molar-refractivity contribution in [3.05, 3.63) is 77.9 Å². The van der Waals surface area contributed by atoms with Crippen LogP contribution in [0.1, 0.15) is 23.3 Å². The predicted octanol–water partition coefficient (Wildman–Crippen LogP) is 3.86. The minimum Gasteiger partial charge on any atom is -0.467 e. The number of ether oxygens (including phenoxy) is 1. The van der Waals surface area contributed by atoms with E-state index in [9.17, 15) is 4.79 Å². The number of rotatable bonds is 8. The average molecular weight is 450 g/mol. The number of nitrogens with one attached hydrogen (secondary N) is 2. The first kappa shape index (κ1) is 22.8. The zero-order valence-electron chi connectivity index (χ0n) is 19.0. The van der Waals surface area contributed by atoms with E-state index in [0.717, 1.165) is 55.3 Å². The maximum absolute atomic E-state index is 12.4. The van der Waals surface area contributed by atoms with E-state index in [1.807, 2.05) is 54.7 Å². The largest absolute Gasteiger partial charge is 0.467 e. The highest BCUT2D eigenvalue weighted by Gasteiger charge is 2.13. The summed E-state index contributed by atoms with van der Waals surface area (Å²) >= 11 is 0. The van der Waals surface area contributed by atoms with E-state index in [2.05, 4.69) is 32.5 Å². The Balaban J connectivity index is 1.22. The zero-order chi connectivity index (χ0) is 22.9. The quantitative estimate of drug-likeness (QED) is 0.544. The number of aromatic nitrogens is 1. The molecule has 1 fully saturated rings. The third-order valence-electron chi connectivity index (χ3n) is 5.58. The Morgan fingerprint density at radius 2 is 2.00 bits per heavy atom. The SMILES string of the molecule is CN1CCCN(c2ccc(CNC(=O)Nc3cccc(COCc4ccco4)c3)cn2)CC1. The van der Waals surface area contributed by atoms with E-state index in [0.29, 0.717) is 25.4 Å². The van der Waals surface area contributed by atoms with Gasteiger partial charge in [0.15, 0.2) is 0 Å². The molecule has 1 aliphatic rings. The predicted molar refractivity (Wildman–Crippen MR) is 128 cm³/mol. The number of carbonyl (C=O) groups is 1. The van der Waals surface area contributed by atoms with Gasteiger partial charge in [0, 0.05) is 38.1 Å². The van der Waals surface area contributed by atoms with Gasteiger partial charge in [-0.3, -0.25) is 0 Å². The van der Waals surface area contributed by atoms with Gasteiger partial charge in [0.25, 0.3) is 0 Å². The highest BCUT2D eigenvalue weighted by molar-refractivity contribution is 5.89. The fourth-order valence-electron chi connectivity index (χ4n) is 3.74. The molecular weight excluding hydrogens is 418 g/mol. The highest BCUT2D eigenvalue weighted by atomic mass is 16.5. The van der Waals surface area contributed by atoms with E-state index in [1.54, 1.807) is 6.26 Å². The van der Waals surface area contributed by atoms with Crippen LogP contribution >= 0.6 is 0 Å². The lowest BCUT2D eigenvalue weighted by atomic mass is 10.2. The van der Waals surface area contributed by atoms with Gasteiger partial charge in [0.2, 0.25) is 0 Å². The molecule has 1 aromatic carbocycles. The van der Waals surface area contributed by atoms with Crippen molar-refractivity contribution >= 4 is 17.5 Å². The number of likely N-dealkylation sites (N-methyl/N-ethyl adjacent to an activating group) is 1. The van der Waals surface area contributed by atoms with Crippen molar-refractivity contribution in [2.45, 2.75) is 26.2 Å². The summed E-state index contributed by atoms with van der Waals surface area (Å²) in [5.74, 6) is 1.77. The molecular formula is C25H31N5O3. The number of urea groups is 1. The topological polar surface area (TPSA) is 82.9 Å². The molecule has 0 saturated carbocycles. The van der Waals surface area contributed by atoms with Crippen molar-refractivity contribution in [1.29, 1.82) is 0 Å². The molecule has 2 aromatic heterocycles. The summed E-state index contributed by atoms with van der Waals surface area (Å²) in [5.41, 5.74) is 2.64. The van der Waals surface area contributed by atoms with Crippen molar-refractivity contribution in [3.8, 4) is 0 Å². The molecule has 0 radical (unpaired) electrons. The van der Waals surface area contributed by atoms with E-state index in [1.165, 1.54) is 0 Å². The number of anilines is 2. The molecule has 3 aromatic rings. The monoisotopic (exact) mass is 449 g/mol. The second kappa shape index (κ2) is 11.5. The number of nitrogens with zero attached hydrogens (tertiary/aromatic N) is 3. The molecule has 2 N–H and O–H groups in total. The second-order valence-corrected chi connectivity index (χ2v) is 8.25. The van der Waals surface area contributed by atoms with Crippen LogP contribution in [0.25, 0.3) is 0 Å². The maximum atomic E-state index is 12.4. The molecule has 3 heterocycles. The Morgan fingerprint density at radius 1 is 1.06 bits per heavy atom. The van der Waals surface area contributed by atoms with Crippen LogP contribution in [0.4, 0.5) is 16.3 Å². The first-order chi connectivity index (χ1) is 16.2. The lowest BCUT2D eigenvalue weighted by Crippen LogP contribution is -2.30. The van der Waals surface area contributed by atoms with Gasteiger partial charge in [0.1, 0.15) is 18.2 Å². The molecule has 4 rings (SSSR count). The zero-order valence-corrected chi connectivity index (χ0v) is 19.0. The van der Waals surface area contributed by atoms with Crippen LogP contribution in [-0.4, -0.2) is 49.1 Å². The maximum Gasteiger partial charge on any atom is 0.319 e. The minimum absolute atomic E-state index is 0.261. The third-order valence-corrected chi connectivity index (χ3v) is 5.58. The van der Waals surface area contributed by atoms with Gasteiger partial charge in [-0.1, -0.05) is 18.2 Å². The molecule has 33 heavy (non-hydrogen) atoms. The van der Waals surface area contributed by atoms with Gasteiger partial charge in [-0.2, -0.15) is 0 Å². The number of pyridine rings is 1. The Morgan fingerprint density at radius 3 is 2.82 bits per heavy atom. The Labute approximate surface area is 194 Å². The first-order valence-corrected chi connectivity index (χ1v) is 11.3. The van der Waals surface area contributed by atoms with E-state index < -0.39 is 0 Å². The lowest BCUT2D eigenvalue weighted by Gasteiger charge is -2.21. The van der Waals surface area contributed by atoms with Crippen LogP contribution in [0, 0.1) is 0 Å². The molecule has 0 aliphatic carbocycles. The lowest BCUT2D eigenvalue weighted by molar-refractivity contribution is 0.0930. The number of hydrogen-bond acceptors (Lipinski definition) is 6. The summed E-state index contributed by atoms with van der Waals surface area (Å²) in [6, 6.07) is 15.1. The summed E-state index contributed by atoms with van der Waals surface area (Å²) in [6.07, 6.45) is 4.60. The summed E-state index contributed by atoms with van der Waals surface area (Å²) in [4.78, 5) is 21.6. The minimum atomic E-state index is -0.261. The number of furan rings is 1. The fraction of sp³-hybridized carbons (Fsp3) is 0.360. The Hall–Kier alpha value is -3.36. The number of hydrogen-bond donors (Lipinski definition) is 2. The van der Waals surface area contributed by atoms with Crippen LogP contribution in [0.15, 0.2) is 65.4 Å². The van der Waals surface area contributed by atoms with Crippen LogP contribution in [0.2, 0.25) is 0 Å². The van der Waals surface area contributed by atoms with Crippen LogP contribution in [0.5, 0.6) is 0 Å². The molecule has 1 aliphatic heterocycles. The van der Waals surface area contributed by atoms with Crippen molar-refractivity contribution in [2.75, 3.05) is 43.4 Å². The molecule has 8 nitrogen and oxygen atoms in total. The van der Waals surface area contributed by atoms with Gasteiger partial charge in [0.05, 0.1) is 12.9 Å². The molecule has 1 saturated heterocycles. The Bertz CT molecular complexity index is 1010. The van der Waals surface area contributed by atoms with Gasteiger partial charge >= 0.3 is 6.03 Å². The van der Waals surface area contributed by atoms with Gasteiger partial charge in [-0.05, 0) is 61.5 Å². The summed E-state index contributed by atoms with van der Waals surface area (Å²) in [7, 11) is 2.16. The number of amides is 2. The molecule has 0 bridgehead atoms. The summed E-state index contributed by atoms with van der Waals surface area (Å²) in [6.45, 7) is 5.42. The van der Waals surface area contributed by atoms with Crippen LogP contribution in [-0.2, 0) is 24.5 Å². The molecule has 0 spiro atoms. The summed E-state index contributed by atoms with van der Waals surface area (Å²) < 4.78 is 10.9. The van der Waals surface area contributed by atoms with Gasteiger partial charge in [-0.15, -0.1) is 0 Å². The molecule has 8 heteroatoms. The molecule has 174 valence electrons. The summed E-state index contributed by atoms with van der Waals surface area (Å²) in [5, 5.41) is 5.76. The number of carbonyl (C=O) groups excluding carboxylic acids is 1. The number of benzene rings is 1. The fourth-order valence-corrected chi connectivity index (χ4v) is 3.74. The standard InChI is InChI=1S/C25H31N5O3/c1-29-10-4-11-30(13-12-29)24-9-8-21(16-26-24)17-27-25(31)28-22-6-2-5-20(15-22)18-32-19-23-7-3-14-33-23/h2-3,5-9,14-16H,4,10-13,17-19H2,1H3,(H2,27,28,31). The smallest absolute Gasteiger partial charge is 0.319 e. The van der Waals surface area contributed by atoms with E-state index >= 15 is 0 Å². The Kier molecular flexibility index (Phi) is 7.94. The van der Waals surface area contributed by atoms with Crippen LogP contribution < -0.4 is 15.5 Å². The highest BCUT2D eigenvalue weighted by Crippen LogP contribution is 2.15. The van der Waals surface area contributed by atoms with Crippen LogP contribution in [0.3, 0.4) is 0 Å². The third kappa shape index (κ3) is 7.06. The van der Waals surface area contributed by atoms with Gasteiger partial charge in [-0.25, -0.2) is 9.78 Å². The normalized spacial score (nSPS) is 14.6. The van der Waals surface area contributed by atoms with Crippen molar-refractivity contribution in [3.63, 3.8) is 0 Å². The van der Waals surface area contributed by atoms with E-state index in [-0.39, 0.29) is 6.03 Å².